The van der Waals surface area contributed by atoms with Crippen LogP contribution in [-0.2, 0) is 16.0 Å². The van der Waals surface area contributed by atoms with Crippen molar-refractivity contribution in [2.45, 2.75) is 47.1 Å². The van der Waals surface area contributed by atoms with Crippen LogP contribution in [0.2, 0.25) is 0 Å². The predicted octanol–water partition coefficient (Wildman–Crippen LogP) is 5.76. The minimum atomic E-state index is -0.447. The van der Waals surface area contributed by atoms with E-state index in [1.165, 1.54) is 12.7 Å². The van der Waals surface area contributed by atoms with Gasteiger partial charge in [0.05, 0.1) is 38.5 Å². The lowest BCUT2D eigenvalue weighted by molar-refractivity contribution is 0.0600. The molecule has 7 heteroatoms. The van der Waals surface area contributed by atoms with Gasteiger partial charge in [0.2, 0.25) is 0 Å². The van der Waals surface area contributed by atoms with Crippen molar-refractivity contribution in [2.24, 2.45) is 0 Å². The van der Waals surface area contributed by atoms with Gasteiger partial charge in [-0.1, -0.05) is 19.4 Å². The van der Waals surface area contributed by atoms with Crippen LogP contribution >= 0.6 is 0 Å². The second kappa shape index (κ2) is 10.4. The molecule has 33 heavy (non-hydrogen) atoms. The van der Waals surface area contributed by atoms with E-state index < -0.39 is 12.1 Å². The van der Waals surface area contributed by atoms with Crippen molar-refractivity contribution in [3.63, 3.8) is 0 Å². The van der Waals surface area contributed by atoms with Gasteiger partial charge in [-0.25, -0.2) is 9.59 Å². The fraction of sp³-hybridized carbons (Fsp3) is 0.385. The van der Waals surface area contributed by atoms with Crippen molar-refractivity contribution in [1.82, 2.24) is 4.57 Å². The third-order valence-corrected chi connectivity index (χ3v) is 5.99. The number of carbonyl (C=O) groups excluding carboxylic acids is 2. The van der Waals surface area contributed by atoms with Crippen molar-refractivity contribution in [3.8, 4) is 5.75 Å². The molecule has 0 saturated heterocycles. The Morgan fingerprint density at radius 1 is 1.06 bits per heavy atom. The van der Waals surface area contributed by atoms with Crippen molar-refractivity contribution >= 4 is 28.7 Å². The fourth-order valence-electron chi connectivity index (χ4n) is 3.88. The summed E-state index contributed by atoms with van der Waals surface area (Å²) in [4.78, 5) is 24.1. The second-order valence-electron chi connectivity index (χ2n) is 8.11. The van der Waals surface area contributed by atoms with E-state index in [-0.39, 0.29) is 0 Å². The van der Waals surface area contributed by atoms with Crippen LogP contribution in [0.25, 0.3) is 10.9 Å². The molecule has 3 rings (SSSR count). The molecule has 7 nitrogen and oxygen atoms in total. The maximum atomic E-state index is 12.2. The van der Waals surface area contributed by atoms with E-state index in [1.807, 2.05) is 19.1 Å². The summed E-state index contributed by atoms with van der Waals surface area (Å²) in [6, 6.07) is 9.39. The Morgan fingerprint density at radius 3 is 2.48 bits per heavy atom. The third-order valence-electron chi connectivity index (χ3n) is 5.99. The molecule has 176 valence electrons. The topological polar surface area (TPSA) is 78.8 Å². The number of unbranched alkanes of at least 4 members (excludes halogenated alkanes) is 1. The number of ether oxygens (including phenoxy) is 3. The number of nitrogens with zero attached hydrogens (tertiary/aromatic N) is 1. The number of benzene rings is 2. The third kappa shape index (κ3) is 5.13. The minimum absolute atomic E-state index is 0.402. The fourth-order valence-corrected chi connectivity index (χ4v) is 3.88. The van der Waals surface area contributed by atoms with Crippen LogP contribution in [-0.4, -0.2) is 37.5 Å². The SMILES string of the molecule is CCCCOC(=O)Nc1cc2c(cc1C)c(C)c(C)n2Cc1ccc(C(=O)OC)cc1OC. The van der Waals surface area contributed by atoms with Crippen LogP contribution < -0.4 is 10.1 Å². The predicted molar refractivity (Wildman–Crippen MR) is 129 cm³/mol. The average Bonchev–Trinajstić information content (AvgIpc) is 3.03. The number of amides is 1. The molecule has 0 fully saturated rings. The lowest BCUT2D eigenvalue weighted by Crippen LogP contribution is -2.15. The van der Waals surface area contributed by atoms with Gasteiger partial charge >= 0.3 is 12.1 Å². The van der Waals surface area contributed by atoms with Gasteiger partial charge in [-0.15, -0.1) is 0 Å². The summed E-state index contributed by atoms with van der Waals surface area (Å²) in [6.07, 6.45) is 1.36. The molecule has 2 aromatic carbocycles. The highest BCUT2D eigenvalue weighted by atomic mass is 16.5. The molecule has 0 radical (unpaired) electrons. The summed E-state index contributed by atoms with van der Waals surface area (Å²) < 4.78 is 17.8. The summed E-state index contributed by atoms with van der Waals surface area (Å²) in [5.74, 6) is 0.206. The lowest BCUT2D eigenvalue weighted by atomic mass is 10.1. The van der Waals surface area contributed by atoms with Crippen molar-refractivity contribution in [3.05, 3.63) is 58.3 Å². The Morgan fingerprint density at radius 2 is 1.82 bits per heavy atom. The first-order valence-electron chi connectivity index (χ1n) is 11.1. The molecule has 1 aromatic heterocycles. The number of aryl methyl sites for hydroxylation is 2. The summed E-state index contributed by atoms with van der Waals surface area (Å²) >= 11 is 0. The van der Waals surface area contributed by atoms with Crippen molar-refractivity contribution in [2.75, 3.05) is 26.1 Å². The van der Waals surface area contributed by atoms with E-state index in [1.54, 1.807) is 19.2 Å². The van der Waals surface area contributed by atoms with E-state index in [9.17, 15) is 9.59 Å². The molecule has 3 aromatic rings. The standard InChI is InChI=1S/C26H32N2O5/c1-7-8-11-33-26(30)27-22-14-23-21(12-16(22)2)17(3)18(4)28(23)15-20-10-9-19(25(29)32-6)13-24(20)31-5/h9-10,12-14H,7-8,11,15H2,1-6H3,(H,27,30). The summed E-state index contributed by atoms with van der Waals surface area (Å²) in [7, 11) is 2.94. The molecule has 0 bridgehead atoms. The van der Waals surface area contributed by atoms with E-state index in [0.29, 0.717) is 24.5 Å². The molecule has 1 amide bonds. The van der Waals surface area contributed by atoms with E-state index in [2.05, 4.69) is 36.7 Å². The van der Waals surface area contributed by atoms with Gasteiger partial charge < -0.3 is 18.8 Å². The number of rotatable bonds is 8. The molecule has 0 aliphatic heterocycles. The van der Waals surface area contributed by atoms with Gasteiger partial charge in [0, 0.05) is 22.3 Å². The van der Waals surface area contributed by atoms with E-state index in [4.69, 9.17) is 14.2 Å². The molecule has 0 atom stereocenters. The quantitative estimate of drug-likeness (QED) is 0.347. The van der Waals surface area contributed by atoms with Crippen LogP contribution in [0.4, 0.5) is 10.5 Å². The van der Waals surface area contributed by atoms with Gasteiger partial charge in [0.25, 0.3) is 0 Å². The molecule has 0 aliphatic carbocycles. The number of esters is 1. The van der Waals surface area contributed by atoms with Crippen LogP contribution in [0.1, 0.15) is 52.5 Å². The number of carbonyl (C=O) groups is 2. The maximum Gasteiger partial charge on any atom is 0.411 e. The highest BCUT2D eigenvalue weighted by molar-refractivity contribution is 5.94. The Hall–Kier alpha value is -3.48. The number of aromatic nitrogens is 1. The number of hydrogen-bond acceptors (Lipinski definition) is 5. The van der Waals surface area contributed by atoms with E-state index in [0.717, 1.165) is 46.3 Å². The molecule has 1 N–H and O–H groups in total. The van der Waals surface area contributed by atoms with Gasteiger partial charge in [0.15, 0.2) is 0 Å². The highest BCUT2D eigenvalue weighted by Gasteiger charge is 2.17. The number of anilines is 1. The second-order valence-corrected chi connectivity index (χ2v) is 8.11. The zero-order valence-corrected chi connectivity index (χ0v) is 20.2. The Bertz CT molecular complexity index is 1180. The Labute approximate surface area is 194 Å². The number of hydrogen-bond donors (Lipinski definition) is 1. The summed E-state index contributed by atoms with van der Waals surface area (Å²) in [5.41, 5.74) is 6.34. The van der Waals surface area contributed by atoms with Crippen molar-refractivity contribution in [1.29, 1.82) is 0 Å². The van der Waals surface area contributed by atoms with Crippen molar-refractivity contribution < 1.29 is 23.8 Å². The number of nitrogens with one attached hydrogen (secondary N) is 1. The van der Waals surface area contributed by atoms with E-state index >= 15 is 0 Å². The highest BCUT2D eigenvalue weighted by Crippen LogP contribution is 2.32. The maximum absolute atomic E-state index is 12.2. The van der Waals surface area contributed by atoms with Crippen LogP contribution in [0.5, 0.6) is 5.75 Å². The first-order valence-corrected chi connectivity index (χ1v) is 11.1. The molecule has 0 spiro atoms. The normalized spacial score (nSPS) is 10.8. The number of fused-ring (bicyclic) bond motifs is 1. The summed E-state index contributed by atoms with van der Waals surface area (Å²) in [6.45, 7) is 9.14. The largest absolute Gasteiger partial charge is 0.496 e. The van der Waals surface area contributed by atoms with Gasteiger partial charge in [-0.3, -0.25) is 5.32 Å². The van der Waals surface area contributed by atoms with Gasteiger partial charge in [-0.05, 0) is 62.6 Å². The van der Waals surface area contributed by atoms with Crippen LogP contribution in [0, 0.1) is 20.8 Å². The number of methoxy groups -OCH3 is 2. The van der Waals surface area contributed by atoms with Gasteiger partial charge in [0.1, 0.15) is 5.75 Å². The molecule has 1 heterocycles. The monoisotopic (exact) mass is 452 g/mol. The Balaban J connectivity index is 1.99. The first-order chi connectivity index (χ1) is 15.8. The Kier molecular flexibility index (Phi) is 7.63. The summed E-state index contributed by atoms with van der Waals surface area (Å²) in [5, 5.41) is 4.00. The molecule has 0 aliphatic rings. The zero-order chi connectivity index (χ0) is 24.1. The molecular formula is C26H32N2O5. The lowest BCUT2D eigenvalue weighted by Gasteiger charge is -2.15. The average molecular weight is 453 g/mol. The molecular weight excluding hydrogens is 420 g/mol. The first kappa shape index (κ1) is 24.2. The minimum Gasteiger partial charge on any atom is -0.496 e. The van der Waals surface area contributed by atoms with Crippen LogP contribution in [0.3, 0.4) is 0 Å². The van der Waals surface area contributed by atoms with Crippen LogP contribution in [0.15, 0.2) is 30.3 Å². The van der Waals surface area contributed by atoms with Gasteiger partial charge in [-0.2, -0.15) is 0 Å². The molecule has 0 unspecified atom stereocenters. The smallest absolute Gasteiger partial charge is 0.411 e. The zero-order valence-electron chi connectivity index (χ0n) is 20.2. The molecule has 0 saturated carbocycles.